The van der Waals surface area contributed by atoms with Crippen LogP contribution in [0.2, 0.25) is 5.15 Å². The van der Waals surface area contributed by atoms with Crippen LogP contribution < -0.4 is 4.74 Å². The van der Waals surface area contributed by atoms with E-state index in [-0.39, 0.29) is 10.9 Å². The van der Waals surface area contributed by atoms with Crippen molar-refractivity contribution < 1.29 is 13.5 Å². The number of nitrogens with zero attached hydrogens (tertiary/aromatic N) is 1. The van der Waals surface area contributed by atoms with Crippen LogP contribution in [-0.2, 0) is 0 Å². The Balaban J connectivity index is 2.57. The molecule has 0 aromatic carbocycles. The lowest BCUT2D eigenvalue weighted by Gasteiger charge is -2.05. The standard InChI is InChI=1S/C7H6ClF2NO/c8-7-5(2-1-3-11-7)12-4-6(9)10/h1-3,6H,4H2. The fraction of sp³-hybridized carbons (Fsp3) is 0.286. The lowest BCUT2D eigenvalue weighted by Crippen LogP contribution is -2.07. The molecule has 0 atom stereocenters. The van der Waals surface area contributed by atoms with Crippen LogP contribution in [0.5, 0.6) is 5.75 Å². The van der Waals surface area contributed by atoms with E-state index in [4.69, 9.17) is 11.6 Å². The predicted octanol–water partition coefficient (Wildman–Crippen LogP) is 2.38. The molecule has 0 unspecified atom stereocenters. The van der Waals surface area contributed by atoms with Crippen molar-refractivity contribution in [3.63, 3.8) is 0 Å². The van der Waals surface area contributed by atoms with Crippen molar-refractivity contribution in [2.45, 2.75) is 6.43 Å². The van der Waals surface area contributed by atoms with Gasteiger partial charge in [0.25, 0.3) is 6.43 Å². The van der Waals surface area contributed by atoms with Crippen LogP contribution in [0, 0.1) is 0 Å². The minimum atomic E-state index is -2.50. The summed E-state index contributed by atoms with van der Waals surface area (Å²) in [6, 6.07) is 3.05. The van der Waals surface area contributed by atoms with E-state index < -0.39 is 13.0 Å². The summed E-state index contributed by atoms with van der Waals surface area (Å²) in [4.78, 5) is 3.65. The third-order valence-electron chi connectivity index (χ3n) is 1.09. The Bertz CT molecular complexity index is 257. The summed E-state index contributed by atoms with van der Waals surface area (Å²) in [6.45, 7) is -0.661. The first-order chi connectivity index (χ1) is 5.70. The first kappa shape index (κ1) is 9.19. The highest BCUT2D eigenvalue weighted by Crippen LogP contribution is 2.20. The van der Waals surface area contributed by atoms with Gasteiger partial charge >= 0.3 is 0 Å². The van der Waals surface area contributed by atoms with Crippen molar-refractivity contribution in [1.82, 2.24) is 4.98 Å². The average Bonchev–Trinajstić information content (AvgIpc) is 2.03. The van der Waals surface area contributed by atoms with Crippen LogP contribution in [0.25, 0.3) is 0 Å². The molecule has 1 aromatic rings. The van der Waals surface area contributed by atoms with E-state index in [1.807, 2.05) is 0 Å². The van der Waals surface area contributed by atoms with Crippen molar-refractivity contribution in [2.24, 2.45) is 0 Å². The molecule has 2 nitrogen and oxygen atoms in total. The molecule has 1 heterocycles. The summed E-state index contributed by atoms with van der Waals surface area (Å²) in [5, 5.41) is 0.0955. The molecule has 0 aliphatic rings. The average molecular weight is 194 g/mol. The van der Waals surface area contributed by atoms with Crippen molar-refractivity contribution in [3.05, 3.63) is 23.5 Å². The third-order valence-corrected chi connectivity index (χ3v) is 1.37. The number of hydrogen-bond donors (Lipinski definition) is 0. The minimum Gasteiger partial charge on any atom is -0.484 e. The first-order valence-corrected chi connectivity index (χ1v) is 3.59. The SMILES string of the molecule is FC(F)COc1cccnc1Cl. The molecule has 5 heteroatoms. The maximum absolute atomic E-state index is 11.7. The lowest BCUT2D eigenvalue weighted by atomic mass is 10.5. The molecule has 66 valence electrons. The molecule has 0 fully saturated rings. The van der Waals surface area contributed by atoms with E-state index >= 15 is 0 Å². The molecule has 0 amide bonds. The molecular formula is C7H6ClF2NO. The van der Waals surface area contributed by atoms with Gasteiger partial charge in [0.1, 0.15) is 6.61 Å². The summed E-state index contributed by atoms with van der Waals surface area (Å²) in [5.41, 5.74) is 0. The molecule has 0 bridgehead atoms. The Kier molecular flexibility index (Phi) is 3.22. The van der Waals surface area contributed by atoms with Gasteiger partial charge in [-0.3, -0.25) is 0 Å². The molecule has 0 N–H and O–H groups in total. The van der Waals surface area contributed by atoms with Gasteiger partial charge < -0.3 is 4.74 Å². The van der Waals surface area contributed by atoms with Gasteiger partial charge in [-0.15, -0.1) is 0 Å². The van der Waals surface area contributed by atoms with Crippen molar-refractivity contribution in [2.75, 3.05) is 6.61 Å². The normalized spacial score (nSPS) is 10.3. The second-order valence-corrected chi connectivity index (χ2v) is 2.35. The van der Waals surface area contributed by atoms with Gasteiger partial charge in [0.15, 0.2) is 10.9 Å². The van der Waals surface area contributed by atoms with Gasteiger partial charge in [0.2, 0.25) is 0 Å². The van der Waals surface area contributed by atoms with E-state index in [1.165, 1.54) is 12.3 Å². The number of halogens is 3. The van der Waals surface area contributed by atoms with Crippen molar-refractivity contribution >= 4 is 11.6 Å². The smallest absolute Gasteiger partial charge is 0.272 e. The Morgan fingerprint density at radius 1 is 1.58 bits per heavy atom. The summed E-state index contributed by atoms with van der Waals surface area (Å²) in [5.74, 6) is 0.180. The highest BCUT2D eigenvalue weighted by molar-refractivity contribution is 6.30. The molecule has 0 aliphatic heterocycles. The molecule has 0 spiro atoms. The number of alkyl halides is 2. The number of ether oxygens (including phenoxy) is 1. The van der Waals surface area contributed by atoms with E-state index in [0.29, 0.717) is 0 Å². The first-order valence-electron chi connectivity index (χ1n) is 3.21. The molecule has 1 aromatic heterocycles. The van der Waals surface area contributed by atoms with Crippen molar-refractivity contribution in [3.8, 4) is 5.75 Å². The number of pyridine rings is 1. The highest BCUT2D eigenvalue weighted by atomic mass is 35.5. The third kappa shape index (κ3) is 2.62. The van der Waals surface area contributed by atoms with Gasteiger partial charge in [-0.05, 0) is 12.1 Å². The fourth-order valence-electron chi connectivity index (χ4n) is 0.632. The van der Waals surface area contributed by atoms with Gasteiger partial charge in [-0.25, -0.2) is 13.8 Å². The Morgan fingerprint density at radius 2 is 2.33 bits per heavy atom. The molecule has 12 heavy (non-hydrogen) atoms. The van der Waals surface area contributed by atoms with E-state index in [2.05, 4.69) is 9.72 Å². The maximum atomic E-state index is 11.7. The van der Waals surface area contributed by atoms with Gasteiger partial charge in [-0.2, -0.15) is 0 Å². The van der Waals surface area contributed by atoms with Crippen LogP contribution in [0.1, 0.15) is 0 Å². The van der Waals surface area contributed by atoms with Crippen LogP contribution in [0.15, 0.2) is 18.3 Å². The number of aromatic nitrogens is 1. The zero-order valence-corrected chi connectivity index (χ0v) is 6.76. The Labute approximate surface area is 73.1 Å². The second kappa shape index (κ2) is 4.21. The molecular weight excluding hydrogens is 188 g/mol. The minimum absolute atomic E-state index is 0.0955. The Morgan fingerprint density at radius 3 is 2.92 bits per heavy atom. The molecule has 0 saturated carbocycles. The largest absolute Gasteiger partial charge is 0.484 e. The van der Waals surface area contributed by atoms with E-state index in [9.17, 15) is 8.78 Å². The Hall–Kier alpha value is -0.900. The number of rotatable bonds is 3. The molecule has 0 aliphatic carbocycles. The van der Waals surface area contributed by atoms with Gasteiger partial charge in [0.05, 0.1) is 0 Å². The topological polar surface area (TPSA) is 22.1 Å². The van der Waals surface area contributed by atoms with Crippen LogP contribution in [-0.4, -0.2) is 18.0 Å². The highest BCUT2D eigenvalue weighted by Gasteiger charge is 2.05. The van der Waals surface area contributed by atoms with E-state index in [0.717, 1.165) is 0 Å². The van der Waals surface area contributed by atoms with Gasteiger partial charge in [-0.1, -0.05) is 11.6 Å². The zero-order valence-electron chi connectivity index (χ0n) is 6.01. The van der Waals surface area contributed by atoms with Crippen LogP contribution in [0.3, 0.4) is 0 Å². The summed E-state index contributed by atoms with van der Waals surface area (Å²) in [6.07, 6.45) is -1.04. The summed E-state index contributed by atoms with van der Waals surface area (Å²) in [7, 11) is 0. The predicted molar refractivity (Wildman–Crippen MR) is 40.7 cm³/mol. The van der Waals surface area contributed by atoms with E-state index in [1.54, 1.807) is 6.07 Å². The quantitative estimate of drug-likeness (QED) is 0.688. The second-order valence-electron chi connectivity index (χ2n) is 1.99. The maximum Gasteiger partial charge on any atom is 0.272 e. The molecule has 1 rings (SSSR count). The van der Waals surface area contributed by atoms with Crippen LogP contribution in [0.4, 0.5) is 8.78 Å². The van der Waals surface area contributed by atoms with Crippen LogP contribution >= 0.6 is 11.6 Å². The van der Waals surface area contributed by atoms with Crippen molar-refractivity contribution in [1.29, 1.82) is 0 Å². The monoisotopic (exact) mass is 193 g/mol. The fourth-order valence-corrected chi connectivity index (χ4v) is 0.806. The number of hydrogen-bond acceptors (Lipinski definition) is 2. The lowest BCUT2D eigenvalue weighted by molar-refractivity contribution is 0.0818. The molecule has 0 saturated heterocycles. The molecule has 0 radical (unpaired) electrons. The zero-order chi connectivity index (χ0) is 8.97. The van der Waals surface area contributed by atoms with Gasteiger partial charge in [0, 0.05) is 6.20 Å². The summed E-state index contributed by atoms with van der Waals surface area (Å²) < 4.78 is 28.0. The summed E-state index contributed by atoms with van der Waals surface area (Å²) >= 11 is 5.53.